The van der Waals surface area contributed by atoms with Crippen LogP contribution in [-0.4, -0.2) is 9.78 Å². The van der Waals surface area contributed by atoms with E-state index in [0.29, 0.717) is 5.56 Å². The summed E-state index contributed by atoms with van der Waals surface area (Å²) in [6.45, 7) is 0. The Bertz CT molecular complexity index is 496. The number of benzene rings is 1. The number of halogens is 1. The largest absolute Gasteiger partial charge is 0.239 e. The number of aromatic nitrogens is 2. The molecule has 68 valence electrons. The molecule has 0 N–H and O–H groups in total. The van der Waals surface area contributed by atoms with Gasteiger partial charge in [-0.3, -0.25) is 0 Å². The van der Waals surface area contributed by atoms with Crippen LogP contribution in [0.3, 0.4) is 0 Å². The van der Waals surface area contributed by atoms with Gasteiger partial charge in [0.2, 0.25) is 0 Å². The molecular formula is C10H6BrN3. The monoisotopic (exact) mass is 247 g/mol. The highest BCUT2D eigenvalue weighted by Gasteiger charge is 2.03. The lowest BCUT2D eigenvalue weighted by Crippen LogP contribution is -1.97. The predicted molar refractivity (Wildman–Crippen MR) is 56.0 cm³/mol. The van der Waals surface area contributed by atoms with Crippen molar-refractivity contribution < 1.29 is 0 Å². The fraction of sp³-hybridized carbons (Fsp3) is 0. The van der Waals surface area contributed by atoms with Crippen LogP contribution in [-0.2, 0) is 0 Å². The summed E-state index contributed by atoms with van der Waals surface area (Å²) in [7, 11) is 0. The van der Waals surface area contributed by atoms with Crippen LogP contribution in [0.5, 0.6) is 0 Å². The molecule has 1 aromatic carbocycles. The van der Waals surface area contributed by atoms with Gasteiger partial charge in [-0.2, -0.15) is 10.4 Å². The van der Waals surface area contributed by atoms with Crippen LogP contribution in [0.2, 0.25) is 0 Å². The Morgan fingerprint density at radius 1 is 1.29 bits per heavy atom. The zero-order chi connectivity index (χ0) is 9.97. The van der Waals surface area contributed by atoms with Crippen LogP contribution in [0.1, 0.15) is 5.56 Å². The lowest BCUT2D eigenvalue weighted by molar-refractivity contribution is 0.867. The van der Waals surface area contributed by atoms with E-state index in [4.69, 9.17) is 5.26 Å². The third-order valence-electron chi connectivity index (χ3n) is 1.83. The quantitative estimate of drug-likeness (QED) is 0.777. The molecule has 0 bridgehead atoms. The number of nitriles is 1. The van der Waals surface area contributed by atoms with E-state index in [9.17, 15) is 0 Å². The molecule has 4 heteroatoms. The van der Waals surface area contributed by atoms with Crippen LogP contribution in [0.4, 0.5) is 0 Å². The zero-order valence-electron chi connectivity index (χ0n) is 7.18. The summed E-state index contributed by atoms with van der Waals surface area (Å²) in [6.07, 6.45) is 1.81. The minimum absolute atomic E-state index is 0.614. The van der Waals surface area contributed by atoms with Gasteiger partial charge in [0.15, 0.2) is 0 Å². The Labute approximate surface area is 89.7 Å². The summed E-state index contributed by atoms with van der Waals surface area (Å²) in [4.78, 5) is 0. The van der Waals surface area contributed by atoms with E-state index in [0.717, 1.165) is 10.3 Å². The molecule has 0 aliphatic rings. The lowest BCUT2D eigenvalue weighted by atomic mass is 10.2. The molecule has 0 amide bonds. The SMILES string of the molecule is N#Cc1ccccc1-n1ccc(Br)n1. The van der Waals surface area contributed by atoms with Gasteiger partial charge in [-0.25, -0.2) is 4.68 Å². The Hall–Kier alpha value is -1.60. The van der Waals surface area contributed by atoms with Crippen LogP contribution >= 0.6 is 15.9 Å². The summed E-state index contributed by atoms with van der Waals surface area (Å²) in [6, 6.07) is 11.3. The van der Waals surface area contributed by atoms with E-state index in [-0.39, 0.29) is 0 Å². The molecule has 0 aliphatic carbocycles. The number of rotatable bonds is 1. The molecule has 0 spiro atoms. The van der Waals surface area contributed by atoms with Crippen molar-refractivity contribution in [1.29, 1.82) is 5.26 Å². The summed E-state index contributed by atoms with van der Waals surface area (Å²) in [5.74, 6) is 0. The zero-order valence-corrected chi connectivity index (χ0v) is 8.77. The van der Waals surface area contributed by atoms with Gasteiger partial charge in [0.05, 0.1) is 11.3 Å². The fourth-order valence-electron chi connectivity index (χ4n) is 1.20. The Morgan fingerprint density at radius 2 is 2.07 bits per heavy atom. The van der Waals surface area contributed by atoms with Gasteiger partial charge in [0.25, 0.3) is 0 Å². The second-order valence-electron chi connectivity index (χ2n) is 2.71. The van der Waals surface area contributed by atoms with Crippen molar-refractivity contribution in [2.75, 3.05) is 0 Å². The highest BCUT2D eigenvalue weighted by Crippen LogP contribution is 2.14. The fourth-order valence-corrected chi connectivity index (χ4v) is 1.49. The van der Waals surface area contributed by atoms with E-state index in [2.05, 4.69) is 27.1 Å². The van der Waals surface area contributed by atoms with Gasteiger partial charge in [-0.15, -0.1) is 0 Å². The van der Waals surface area contributed by atoms with Crippen molar-refractivity contribution in [3.8, 4) is 11.8 Å². The van der Waals surface area contributed by atoms with E-state index in [1.54, 1.807) is 16.9 Å². The molecule has 0 radical (unpaired) electrons. The molecule has 0 unspecified atom stereocenters. The van der Waals surface area contributed by atoms with Crippen LogP contribution < -0.4 is 0 Å². The van der Waals surface area contributed by atoms with Crippen molar-refractivity contribution in [3.63, 3.8) is 0 Å². The van der Waals surface area contributed by atoms with Crippen molar-refractivity contribution in [3.05, 3.63) is 46.7 Å². The number of hydrogen-bond acceptors (Lipinski definition) is 2. The molecule has 2 rings (SSSR count). The van der Waals surface area contributed by atoms with E-state index in [1.807, 2.05) is 24.3 Å². The van der Waals surface area contributed by atoms with E-state index >= 15 is 0 Å². The second kappa shape index (κ2) is 3.64. The molecule has 2 aromatic rings. The Balaban J connectivity index is 2.57. The minimum atomic E-state index is 0.614. The highest BCUT2D eigenvalue weighted by atomic mass is 79.9. The molecule has 14 heavy (non-hydrogen) atoms. The van der Waals surface area contributed by atoms with E-state index < -0.39 is 0 Å². The maximum atomic E-state index is 8.88. The second-order valence-corrected chi connectivity index (χ2v) is 3.52. The molecule has 3 nitrogen and oxygen atoms in total. The van der Waals surface area contributed by atoms with Crippen LogP contribution in [0.25, 0.3) is 5.69 Å². The molecular weight excluding hydrogens is 242 g/mol. The standard InChI is InChI=1S/C10H6BrN3/c11-10-5-6-14(13-10)9-4-2-1-3-8(9)7-12/h1-6H. The molecule has 0 aliphatic heterocycles. The topological polar surface area (TPSA) is 41.6 Å². The first kappa shape index (κ1) is 8.97. The number of para-hydroxylation sites is 1. The summed E-state index contributed by atoms with van der Waals surface area (Å²) < 4.78 is 2.42. The summed E-state index contributed by atoms with van der Waals surface area (Å²) in [5, 5.41) is 13.1. The van der Waals surface area contributed by atoms with Crippen LogP contribution in [0.15, 0.2) is 41.1 Å². The Kier molecular flexibility index (Phi) is 2.33. The van der Waals surface area contributed by atoms with Gasteiger partial charge in [0.1, 0.15) is 10.7 Å². The van der Waals surface area contributed by atoms with Crippen LogP contribution in [0, 0.1) is 11.3 Å². The minimum Gasteiger partial charge on any atom is -0.239 e. The normalized spacial score (nSPS) is 9.71. The van der Waals surface area contributed by atoms with Gasteiger partial charge >= 0.3 is 0 Å². The van der Waals surface area contributed by atoms with Gasteiger partial charge in [-0.05, 0) is 34.1 Å². The highest BCUT2D eigenvalue weighted by molar-refractivity contribution is 9.10. The summed E-state index contributed by atoms with van der Waals surface area (Å²) >= 11 is 3.26. The first-order valence-electron chi connectivity index (χ1n) is 4.02. The Morgan fingerprint density at radius 3 is 2.71 bits per heavy atom. The maximum absolute atomic E-state index is 8.88. The number of hydrogen-bond donors (Lipinski definition) is 0. The van der Waals surface area contributed by atoms with Crippen molar-refractivity contribution in [1.82, 2.24) is 9.78 Å². The molecule has 0 atom stereocenters. The first-order valence-corrected chi connectivity index (χ1v) is 4.81. The van der Waals surface area contributed by atoms with Crippen molar-refractivity contribution in [2.24, 2.45) is 0 Å². The maximum Gasteiger partial charge on any atom is 0.128 e. The molecule has 0 saturated heterocycles. The first-order chi connectivity index (χ1) is 6.81. The predicted octanol–water partition coefficient (Wildman–Crippen LogP) is 2.51. The van der Waals surface area contributed by atoms with Gasteiger partial charge < -0.3 is 0 Å². The molecule has 0 fully saturated rings. The van der Waals surface area contributed by atoms with Gasteiger partial charge in [-0.1, -0.05) is 12.1 Å². The van der Waals surface area contributed by atoms with Crippen molar-refractivity contribution >= 4 is 15.9 Å². The third-order valence-corrected chi connectivity index (χ3v) is 2.25. The average Bonchev–Trinajstić information content (AvgIpc) is 2.65. The lowest BCUT2D eigenvalue weighted by Gasteiger charge is -2.01. The summed E-state index contributed by atoms with van der Waals surface area (Å²) in [5.41, 5.74) is 1.41. The molecule has 1 heterocycles. The van der Waals surface area contributed by atoms with E-state index in [1.165, 1.54) is 0 Å². The molecule has 0 saturated carbocycles. The smallest absolute Gasteiger partial charge is 0.128 e. The average molecular weight is 248 g/mol. The van der Waals surface area contributed by atoms with Crippen molar-refractivity contribution in [2.45, 2.75) is 0 Å². The van der Waals surface area contributed by atoms with Gasteiger partial charge in [0, 0.05) is 6.20 Å². The third kappa shape index (κ3) is 1.54. The molecule has 1 aromatic heterocycles. The number of nitrogens with zero attached hydrogens (tertiary/aromatic N) is 3.